The molecule has 7 heteroatoms. The minimum Gasteiger partial charge on any atom is -0.295 e. The molecule has 0 saturated carbocycles. The van der Waals surface area contributed by atoms with Crippen LogP contribution in [0.1, 0.15) is 0 Å². The van der Waals surface area contributed by atoms with Crippen molar-refractivity contribution in [3.8, 4) is 0 Å². The van der Waals surface area contributed by atoms with Crippen LogP contribution in [-0.2, 0) is 0 Å². The Balaban J connectivity index is 3.02. The van der Waals surface area contributed by atoms with Gasteiger partial charge in [0.15, 0.2) is 5.52 Å². The van der Waals surface area contributed by atoms with Gasteiger partial charge in [-0.2, -0.15) is 10.2 Å². The summed E-state index contributed by atoms with van der Waals surface area (Å²) >= 11 is 5.43. The van der Waals surface area contributed by atoms with E-state index in [-0.39, 0.29) is 16.4 Å². The van der Waals surface area contributed by atoms with Gasteiger partial charge in [0.05, 0.1) is 0 Å². The van der Waals surface area contributed by atoms with Gasteiger partial charge in [-0.3, -0.25) is 9.78 Å². The topological polar surface area (TPSA) is 87.3 Å². The molecule has 0 atom stereocenters. The molecule has 2 aromatic heterocycles. The molecule has 0 fully saturated rings. The van der Waals surface area contributed by atoms with Crippen LogP contribution in [0.15, 0.2) is 4.79 Å². The minimum absolute atomic E-state index is 0.0106. The lowest BCUT2D eigenvalue weighted by molar-refractivity contribution is 0.954. The number of hydrogen-bond donors (Lipinski definition) is 2. The molecule has 0 aliphatic heterocycles. The van der Waals surface area contributed by atoms with E-state index in [2.05, 4.69) is 25.4 Å². The number of halogens is 1. The van der Waals surface area contributed by atoms with E-state index in [1.165, 1.54) is 0 Å². The third kappa shape index (κ3) is 0.874. The Labute approximate surface area is 64.6 Å². The molecule has 6 nitrogen and oxygen atoms in total. The van der Waals surface area contributed by atoms with E-state index in [1.807, 2.05) is 0 Å². The van der Waals surface area contributed by atoms with Crippen molar-refractivity contribution in [2.75, 3.05) is 0 Å². The Morgan fingerprint density at radius 3 is 3.00 bits per heavy atom. The summed E-state index contributed by atoms with van der Waals surface area (Å²) < 4.78 is 0. The number of aromatic nitrogens is 5. The largest absolute Gasteiger partial charge is 0.295 e. The van der Waals surface area contributed by atoms with E-state index < -0.39 is 5.56 Å². The van der Waals surface area contributed by atoms with Crippen molar-refractivity contribution >= 4 is 22.8 Å². The Hall–Kier alpha value is -1.43. The Bertz CT molecular complexity index is 445. The zero-order valence-corrected chi connectivity index (χ0v) is 5.88. The third-order valence-corrected chi connectivity index (χ3v) is 1.34. The van der Waals surface area contributed by atoms with E-state index in [9.17, 15) is 4.79 Å². The highest BCUT2D eigenvalue weighted by atomic mass is 35.5. The molecule has 0 aromatic carbocycles. The first-order valence-electron chi connectivity index (χ1n) is 2.73. The third-order valence-electron chi connectivity index (χ3n) is 1.17. The van der Waals surface area contributed by atoms with Gasteiger partial charge in [0, 0.05) is 0 Å². The summed E-state index contributed by atoms with van der Waals surface area (Å²) in [7, 11) is 0. The first kappa shape index (κ1) is 6.29. The lowest BCUT2D eigenvalue weighted by atomic mass is 10.6. The predicted molar refractivity (Wildman–Crippen MR) is 37.3 cm³/mol. The highest BCUT2D eigenvalue weighted by molar-refractivity contribution is 6.28. The zero-order valence-electron chi connectivity index (χ0n) is 5.13. The second kappa shape index (κ2) is 2.03. The van der Waals surface area contributed by atoms with Crippen LogP contribution in [0.25, 0.3) is 11.2 Å². The maximum atomic E-state index is 11.0. The Morgan fingerprint density at radius 1 is 1.36 bits per heavy atom. The highest BCUT2D eigenvalue weighted by Crippen LogP contribution is 2.00. The number of hydrogen-bond acceptors (Lipinski definition) is 4. The highest BCUT2D eigenvalue weighted by Gasteiger charge is 2.04. The van der Waals surface area contributed by atoms with E-state index in [0.29, 0.717) is 0 Å². The first-order valence-corrected chi connectivity index (χ1v) is 3.11. The van der Waals surface area contributed by atoms with Crippen LogP contribution in [0.2, 0.25) is 5.28 Å². The maximum Gasteiger partial charge on any atom is 0.282 e. The molecular formula is C4H2ClN5O. The summed E-state index contributed by atoms with van der Waals surface area (Å²) in [4.78, 5) is 16.9. The fraction of sp³-hybridized carbons (Fsp3) is 0. The number of H-pyrrole nitrogens is 2. The van der Waals surface area contributed by atoms with Crippen molar-refractivity contribution in [2.45, 2.75) is 0 Å². The van der Waals surface area contributed by atoms with Crippen molar-refractivity contribution in [1.29, 1.82) is 0 Å². The van der Waals surface area contributed by atoms with Gasteiger partial charge < -0.3 is 0 Å². The summed E-state index contributed by atoms with van der Waals surface area (Å²) in [6.07, 6.45) is 0. The lowest BCUT2D eigenvalue weighted by Crippen LogP contribution is -2.07. The molecule has 0 aliphatic rings. The number of aromatic amines is 2. The predicted octanol–water partition coefficient (Wildman–Crippen LogP) is -0.305. The van der Waals surface area contributed by atoms with Crippen molar-refractivity contribution in [2.24, 2.45) is 0 Å². The van der Waals surface area contributed by atoms with Crippen LogP contribution in [0.5, 0.6) is 0 Å². The first-order chi connectivity index (χ1) is 5.27. The number of rotatable bonds is 0. The second-order valence-electron chi connectivity index (χ2n) is 1.85. The molecule has 11 heavy (non-hydrogen) atoms. The molecule has 0 amide bonds. The van der Waals surface area contributed by atoms with Crippen LogP contribution in [0.4, 0.5) is 0 Å². The van der Waals surface area contributed by atoms with Crippen molar-refractivity contribution in [3.05, 3.63) is 15.6 Å². The van der Waals surface area contributed by atoms with Gasteiger partial charge in [-0.25, -0.2) is 0 Å². The van der Waals surface area contributed by atoms with Crippen molar-refractivity contribution < 1.29 is 0 Å². The minimum atomic E-state index is -0.395. The molecular weight excluding hydrogens is 170 g/mol. The average Bonchev–Trinajstić information content (AvgIpc) is 2.34. The molecule has 2 N–H and O–H groups in total. The smallest absolute Gasteiger partial charge is 0.282 e. The summed E-state index contributed by atoms with van der Waals surface area (Å²) in [5, 5.41) is 9.42. The summed E-state index contributed by atoms with van der Waals surface area (Å²) in [5.41, 5.74) is -0.0121. The summed E-state index contributed by atoms with van der Waals surface area (Å²) in [6, 6.07) is 0. The van der Waals surface area contributed by atoms with Crippen molar-refractivity contribution in [1.82, 2.24) is 25.4 Å². The van der Waals surface area contributed by atoms with Crippen LogP contribution >= 0.6 is 11.6 Å². The van der Waals surface area contributed by atoms with Gasteiger partial charge in [-0.05, 0) is 11.6 Å². The standard InChI is InChI=1S/C4H2ClN5O/c5-4-6-2-1(3(11)7-4)8-10-9-2/h(H2,6,7,8,9,10,11). The van der Waals surface area contributed by atoms with Gasteiger partial charge in [0.25, 0.3) is 5.56 Å². The molecule has 0 aliphatic carbocycles. The second-order valence-corrected chi connectivity index (χ2v) is 2.21. The number of fused-ring (bicyclic) bond motifs is 1. The van der Waals surface area contributed by atoms with E-state index >= 15 is 0 Å². The van der Waals surface area contributed by atoms with Gasteiger partial charge in [0.1, 0.15) is 0 Å². The molecule has 56 valence electrons. The summed E-state index contributed by atoms with van der Waals surface area (Å²) in [6.45, 7) is 0. The number of nitrogens with one attached hydrogen (secondary N) is 2. The van der Waals surface area contributed by atoms with Gasteiger partial charge >= 0.3 is 0 Å². The molecule has 2 aromatic rings. The molecule has 0 bridgehead atoms. The van der Waals surface area contributed by atoms with Crippen LogP contribution < -0.4 is 5.56 Å². The fourth-order valence-corrected chi connectivity index (χ4v) is 0.895. The average molecular weight is 172 g/mol. The van der Waals surface area contributed by atoms with Gasteiger partial charge in [-0.1, -0.05) is 0 Å². The van der Waals surface area contributed by atoms with Crippen LogP contribution in [0, 0.1) is 0 Å². The summed E-state index contributed by atoms with van der Waals surface area (Å²) in [5.74, 6) is 0. The number of nitrogens with zero attached hydrogens (tertiary/aromatic N) is 3. The van der Waals surface area contributed by atoms with E-state index in [1.54, 1.807) is 0 Å². The van der Waals surface area contributed by atoms with E-state index in [4.69, 9.17) is 11.6 Å². The monoisotopic (exact) mass is 171 g/mol. The van der Waals surface area contributed by atoms with Crippen molar-refractivity contribution in [3.63, 3.8) is 0 Å². The maximum absolute atomic E-state index is 11.0. The molecule has 0 unspecified atom stereocenters. The molecule has 2 heterocycles. The van der Waals surface area contributed by atoms with Gasteiger partial charge in [-0.15, -0.1) is 10.2 Å². The van der Waals surface area contributed by atoms with Gasteiger partial charge in [0.2, 0.25) is 10.9 Å². The van der Waals surface area contributed by atoms with Crippen LogP contribution in [-0.4, -0.2) is 25.4 Å². The Morgan fingerprint density at radius 2 is 2.18 bits per heavy atom. The Kier molecular flexibility index (Phi) is 1.16. The quantitative estimate of drug-likeness (QED) is 0.533. The molecule has 0 radical (unpaired) electrons. The lowest BCUT2D eigenvalue weighted by Gasteiger charge is -1.85. The normalized spacial score (nSPS) is 10.6. The molecule has 0 spiro atoms. The SMILES string of the molecule is O=c1[nH]c(Cl)nc2n[nH]nc12. The molecule has 2 rings (SSSR count). The fourth-order valence-electron chi connectivity index (χ4n) is 0.729. The van der Waals surface area contributed by atoms with Crippen LogP contribution in [0.3, 0.4) is 0 Å². The molecule has 0 saturated heterocycles. The zero-order chi connectivity index (χ0) is 7.84. The van der Waals surface area contributed by atoms with E-state index in [0.717, 1.165) is 0 Å².